The Hall–Kier alpha value is -3.39. The maximum Gasteiger partial charge on any atom is 0.268 e. The minimum Gasteiger partial charge on any atom is -0.383 e. The van der Waals surface area contributed by atoms with E-state index in [0.29, 0.717) is 24.1 Å². The average molecular weight is 364 g/mol. The molecule has 0 aliphatic rings. The number of hydrogen-bond donors (Lipinski definition) is 2. The lowest BCUT2D eigenvalue weighted by molar-refractivity contribution is 0.183. The topological polar surface area (TPSA) is 104 Å². The maximum absolute atomic E-state index is 13.1. The van der Waals surface area contributed by atoms with Gasteiger partial charge in [-0.3, -0.25) is 19.1 Å². The lowest BCUT2D eigenvalue weighted by atomic mass is 10.1. The van der Waals surface area contributed by atoms with E-state index < -0.39 is 0 Å². The summed E-state index contributed by atoms with van der Waals surface area (Å²) in [6.45, 7) is 3.17. The third-order valence-electron chi connectivity index (χ3n) is 4.57. The van der Waals surface area contributed by atoms with Crippen LogP contribution in [0.5, 0.6) is 0 Å². The van der Waals surface area contributed by atoms with Gasteiger partial charge in [0.1, 0.15) is 5.39 Å². The maximum atomic E-state index is 13.1. The molecule has 0 unspecified atom stereocenters. The van der Waals surface area contributed by atoms with E-state index in [0.717, 1.165) is 22.5 Å². The number of aromatic nitrogens is 5. The Morgan fingerprint density at radius 1 is 1.26 bits per heavy atom. The second kappa shape index (κ2) is 6.73. The zero-order chi connectivity index (χ0) is 19.0. The van der Waals surface area contributed by atoms with Gasteiger partial charge in [-0.05, 0) is 24.6 Å². The highest BCUT2D eigenvalue weighted by Crippen LogP contribution is 2.27. The van der Waals surface area contributed by atoms with Crippen LogP contribution in [0.25, 0.3) is 27.8 Å². The molecule has 4 aromatic rings. The number of nitrogens with one attached hydrogen (secondary N) is 1. The molecule has 0 amide bonds. The van der Waals surface area contributed by atoms with Crippen molar-refractivity contribution in [2.24, 2.45) is 0 Å². The quantitative estimate of drug-likeness (QED) is 0.564. The van der Waals surface area contributed by atoms with E-state index in [1.165, 1.54) is 0 Å². The number of anilines is 1. The van der Waals surface area contributed by atoms with E-state index in [2.05, 4.69) is 15.3 Å². The van der Waals surface area contributed by atoms with E-state index in [9.17, 15) is 4.79 Å². The lowest BCUT2D eigenvalue weighted by Crippen LogP contribution is -2.19. The summed E-state index contributed by atoms with van der Waals surface area (Å²) in [5.74, 6) is 0.179. The van der Waals surface area contributed by atoms with Crippen LogP contribution in [0.4, 0.5) is 5.82 Å². The van der Waals surface area contributed by atoms with Gasteiger partial charge in [0.05, 0.1) is 30.0 Å². The smallest absolute Gasteiger partial charge is 0.268 e. The number of pyridine rings is 1. The van der Waals surface area contributed by atoms with Gasteiger partial charge < -0.3 is 10.5 Å². The molecule has 0 fully saturated rings. The average Bonchev–Trinajstić information content (AvgIpc) is 3.29. The number of aryl methyl sites for hydroxylation is 1. The lowest BCUT2D eigenvalue weighted by Gasteiger charge is -2.11. The summed E-state index contributed by atoms with van der Waals surface area (Å²) >= 11 is 0. The number of ether oxygens (including phenoxy) is 1. The highest BCUT2D eigenvalue weighted by molar-refractivity contribution is 5.97. The number of rotatable bonds is 5. The minimum absolute atomic E-state index is 0.179. The zero-order valence-corrected chi connectivity index (χ0v) is 15.1. The first-order valence-corrected chi connectivity index (χ1v) is 8.58. The molecule has 0 saturated carbocycles. The van der Waals surface area contributed by atoms with Gasteiger partial charge in [0, 0.05) is 25.1 Å². The highest BCUT2D eigenvalue weighted by atomic mass is 16.5. The highest BCUT2D eigenvalue weighted by Gasteiger charge is 2.18. The first kappa shape index (κ1) is 17.0. The van der Waals surface area contributed by atoms with E-state index in [4.69, 9.17) is 10.5 Å². The van der Waals surface area contributed by atoms with Crippen molar-refractivity contribution in [2.75, 3.05) is 19.5 Å². The molecule has 3 N–H and O–H groups in total. The van der Waals surface area contributed by atoms with Crippen molar-refractivity contribution in [3.63, 3.8) is 0 Å². The fraction of sp³-hybridized carbons (Fsp3) is 0.211. The second-order valence-corrected chi connectivity index (χ2v) is 6.32. The zero-order valence-electron chi connectivity index (χ0n) is 15.1. The molecule has 0 atom stereocenters. The molecule has 3 aromatic heterocycles. The molecular formula is C19H20N6O2. The van der Waals surface area contributed by atoms with Gasteiger partial charge >= 0.3 is 0 Å². The normalized spacial score (nSPS) is 11.3. The largest absolute Gasteiger partial charge is 0.383 e. The number of H-pyrrole nitrogens is 1. The molecule has 1 aromatic carbocycles. The number of para-hydroxylation sites is 1. The molecule has 0 spiro atoms. The summed E-state index contributed by atoms with van der Waals surface area (Å²) in [7, 11) is 1.65. The van der Waals surface area contributed by atoms with Crippen LogP contribution in [-0.4, -0.2) is 38.3 Å². The van der Waals surface area contributed by atoms with Crippen molar-refractivity contribution in [3.8, 4) is 16.9 Å². The van der Waals surface area contributed by atoms with Crippen LogP contribution in [0.3, 0.4) is 0 Å². The van der Waals surface area contributed by atoms with E-state index in [-0.39, 0.29) is 11.4 Å². The van der Waals surface area contributed by atoms with Crippen molar-refractivity contribution in [1.29, 1.82) is 0 Å². The first-order valence-electron chi connectivity index (χ1n) is 8.58. The van der Waals surface area contributed by atoms with Gasteiger partial charge in [-0.15, -0.1) is 0 Å². The molecule has 0 bridgehead atoms. The van der Waals surface area contributed by atoms with Crippen molar-refractivity contribution in [3.05, 3.63) is 58.6 Å². The van der Waals surface area contributed by atoms with Crippen molar-refractivity contribution >= 4 is 16.7 Å². The Bertz CT molecular complexity index is 1170. The summed E-state index contributed by atoms with van der Waals surface area (Å²) in [6.07, 6.45) is 3.66. The van der Waals surface area contributed by atoms with Crippen molar-refractivity contribution < 1.29 is 4.74 Å². The summed E-state index contributed by atoms with van der Waals surface area (Å²) in [5.41, 5.74) is 9.61. The van der Waals surface area contributed by atoms with Crippen LogP contribution >= 0.6 is 0 Å². The predicted octanol–water partition coefficient (Wildman–Crippen LogP) is 2.11. The Morgan fingerprint density at radius 2 is 2.07 bits per heavy atom. The number of benzene rings is 1. The number of nitrogen functional groups attached to an aromatic ring is 1. The van der Waals surface area contributed by atoms with Crippen LogP contribution in [-0.2, 0) is 11.3 Å². The summed E-state index contributed by atoms with van der Waals surface area (Å²) in [6, 6.07) is 9.60. The third-order valence-corrected chi connectivity index (χ3v) is 4.57. The number of nitrogens with two attached hydrogens (primary N) is 1. The van der Waals surface area contributed by atoms with E-state index >= 15 is 0 Å². The molecule has 0 aliphatic carbocycles. The molecule has 8 nitrogen and oxygen atoms in total. The third kappa shape index (κ3) is 2.89. The molecule has 3 heterocycles. The molecule has 0 radical (unpaired) electrons. The number of fused-ring (bicyclic) bond motifs is 1. The van der Waals surface area contributed by atoms with Crippen LogP contribution < -0.4 is 11.3 Å². The second-order valence-electron chi connectivity index (χ2n) is 6.32. The van der Waals surface area contributed by atoms with Crippen LogP contribution in [0.15, 0.2) is 47.5 Å². The number of hydrogen-bond acceptors (Lipinski definition) is 5. The predicted molar refractivity (Wildman–Crippen MR) is 104 cm³/mol. The standard InChI is InChI=1S/C19H20N6O2/c1-12-5-3-4-6-15(12)25-11-13(14-7-8-24(23-14)9-10-27-2)17-16(19(25)26)18(20)22-21-17/h3-8,11H,9-10H2,1-2H3,(H3,20,21,22). The molecule has 0 aliphatic heterocycles. The summed E-state index contributed by atoms with van der Waals surface area (Å²) in [4.78, 5) is 13.1. The SMILES string of the molecule is COCCn1ccc(-c2cn(-c3ccccc3C)c(=O)c3c(N)n[nH]c23)n1. The molecule has 138 valence electrons. The van der Waals surface area contributed by atoms with Gasteiger partial charge in [0.2, 0.25) is 0 Å². The molecule has 8 heteroatoms. The Morgan fingerprint density at radius 3 is 2.85 bits per heavy atom. The first-order chi connectivity index (χ1) is 13.1. The van der Waals surface area contributed by atoms with Crippen LogP contribution in [0.2, 0.25) is 0 Å². The fourth-order valence-electron chi connectivity index (χ4n) is 3.16. The minimum atomic E-state index is -0.215. The van der Waals surface area contributed by atoms with Gasteiger partial charge in [0.25, 0.3) is 5.56 Å². The van der Waals surface area contributed by atoms with Crippen molar-refractivity contribution in [1.82, 2.24) is 24.5 Å². The monoisotopic (exact) mass is 364 g/mol. The van der Waals surface area contributed by atoms with Crippen molar-refractivity contribution in [2.45, 2.75) is 13.5 Å². The molecule has 4 rings (SSSR count). The van der Waals surface area contributed by atoms with Gasteiger partial charge in [-0.25, -0.2) is 0 Å². The Labute approximate surface area is 155 Å². The molecule has 0 saturated heterocycles. The summed E-state index contributed by atoms with van der Waals surface area (Å²) in [5, 5.41) is 11.9. The van der Waals surface area contributed by atoms with Gasteiger partial charge in [-0.2, -0.15) is 10.2 Å². The van der Waals surface area contributed by atoms with Crippen LogP contribution in [0, 0.1) is 6.92 Å². The Balaban J connectivity index is 1.96. The number of nitrogens with zero attached hydrogens (tertiary/aromatic N) is 4. The van der Waals surface area contributed by atoms with Crippen LogP contribution in [0.1, 0.15) is 5.56 Å². The van der Waals surface area contributed by atoms with E-state index in [1.54, 1.807) is 22.6 Å². The van der Waals surface area contributed by atoms with E-state index in [1.807, 2.05) is 43.5 Å². The van der Waals surface area contributed by atoms with Gasteiger partial charge in [-0.1, -0.05) is 18.2 Å². The molecule has 27 heavy (non-hydrogen) atoms. The Kier molecular flexibility index (Phi) is 4.25. The summed E-state index contributed by atoms with van der Waals surface area (Å²) < 4.78 is 8.50. The van der Waals surface area contributed by atoms with Gasteiger partial charge in [0.15, 0.2) is 5.82 Å². The molecular weight excluding hydrogens is 344 g/mol. The number of methoxy groups -OCH3 is 1. The fourth-order valence-corrected chi connectivity index (χ4v) is 3.16. The number of aromatic amines is 1.